The summed E-state index contributed by atoms with van der Waals surface area (Å²) in [6.07, 6.45) is 5.60. The second-order valence-corrected chi connectivity index (χ2v) is 7.30. The fraction of sp³-hybridized carbons (Fsp3) is 0.389. The van der Waals surface area contributed by atoms with E-state index in [0.29, 0.717) is 30.7 Å². The Balaban J connectivity index is 1.81. The number of fused-ring (bicyclic) bond motifs is 1. The summed E-state index contributed by atoms with van der Waals surface area (Å²) in [5, 5.41) is 4.19. The number of nitrogens with two attached hydrogens (primary N) is 2. The van der Waals surface area contributed by atoms with Gasteiger partial charge in [-0.3, -0.25) is 4.79 Å². The first-order chi connectivity index (χ1) is 12.2. The van der Waals surface area contributed by atoms with Crippen LogP contribution in [0.2, 0.25) is 0 Å². The molecule has 8 heteroatoms. The smallest absolute Gasteiger partial charge is 0.410 e. The van der Waals surface area contributed by atoms with Gasteiger partial charge < -0.3 is 21.1 Å². The average Bonchev–Trinajstić information content (AvgIpc) is 2.98. The number of rotatable bonds is 2. The lowest BCUT2D eigenvalue weighted by atomic mass is 10.0. The molecule has 0 spiro atoms. The zero-order chi connectivity index (χ0) is 19.1. The highest BCUT2D eigenvalue weighted by molar-refractivity contribution is 6.01. The molecule has 0 bridgehead atoms. The monoisotopic (exact) mass is 357 g/mol. The maximum Gasteiger partial charge on any atom is 0.410 e. The number of anilines is 1. The Morgan fingerprint density at radius 2 is 2.04 bits per heavy atom. The number of hydrogen-bond donors (Lipinski definition) is 2. The molecule has 3 heterocycles. The van der Waals surface area contributed by atoms with E-state index in [1.54, 1.807) is 9.42 Å². The van der Waals surface area contributed by atoms with Crippen LogP contribution in [0.4, 0.5) is 10.5 Å². The predicted molar refractivity (Wildman–Crippen MR) is 98.5 cm³/mol. The highest BCUT2D eigenvalue weighted by atomic mass is 16.6. The number of primary amides is 1. The molecule has 0 fully saturated rings. The maximum absolute atomic E-state index is 12.1. The van der Waals surface area contributed by atoms with Gasteiger partial charge in [-0.15, -0.1) is 0 Å². The number of carbonyl (C=O) groups excluding carboxylic acids is 2. The minimum Gasteiger partial charge on any atom is -0.444 e. The van der Waals surface area contributed by atoms with E-state index in [2.05, 4.69) is 5.10 Å². The first-order valence-corrected chi connectivity index (χ1v) is 8.40. The molecule has 0 radical (unpaired) electrons. The second kappa shape index (κ2) is 6.36. The minimum absolute atomic E-state index is 0.205. The van der Waals surface area contributed by atoms with Gasteiger partial charge in [0.25, 0.3) is 5.91 Å². The van der Waals surface area contributed by atoms with Gasteiger partial charge >= 0.3 is 6.09 Å². The summed E-state index contributed by atoms with van der Waals surface area (Å²) in [6, 6.07) is 1.88. The van der Waals surface area contributed by atoms with Crippen LogP contribution >= 0.6 is 0 Å². The Morgan fingerprint density at radius 3 is 2.62 bits per heavy atom. The number of carbonyl (C=O) groups is 2. The number of aromatic nitrogens is 2. The topological polar surface area (TPSA) is 116 Å². The van der Waals surface area contributed by atoms with Crippen molar-refractivity contribution in [2.45, 2.75) is 32.8 Å². The fourth-order valence-electron chi connectivity index (χ4n) is 2.87. The van der Waals surface area contributed by atoms with Crippen molar-refractivity contribution < 1.29 is 14.3 Å². The third-order valence-corrected chi connectivity index (χ3v) is 4.17. The molecule has 2 aromatic rings. The van der Waals surface area contributed by atoms with Crippen molar-refractivity contribution in [1.82, 2.24) is 14.5 Å². The first kappa shape index (κ1) is 17.8. The summed E-state index contributed by atoms with van der Waals surface area (Å²) < 4.78 is 7.02. The Morgan fingerprint density at radius 1 is 1.31 bits per heavy atom. The highest BCUT2D eigenvalue weighted by Crippen LogP contribution is 2.28. The van der Waals surface area contributed by atoms with E-state index in [0.717, 1.165) is 11.1 Å². The lowest BCUT2D eigenvalue weighted by Gasteiger charge is -2.29. The molecule has 4 N–H and O–H groups in total. The van der Waals surface area contributed by atoms with Crippen molar-refractivity contribution >= 4 is 28.8 Å². The quantitative estimate of drug-likeness (QED) is 0.853. The van der Waals surface area contributed by atoms with Crippen LogP contribution in [0.5, 0.6) is 0 Å². The fourth-order valence-corrected chi connectivity index (χ4v) is 2.87. The van der Waals surface area contributed by atoms with E-state index in [4.69, 9.17) is 16.2 Å². The molecule has 0 saturated carbocycles. The zero-order valence-corrected chi connectivity index (χ0v) is 15.2. The molecule has 2 aromatic heterocycles. The van der Waals surface area contributed by atoms with Crippen molar-refractivity contribution in [3.05, 3.63) is 35.7 Å². The molecule has 0 saturated heterocycles. The molecule has 0 unspecified atom stereocenters. The molecule has 1 aliphatic heterocycles. The minimum atomic E-state index is -0.606. The number of ether oxygens (including phenoxy) is 1. The molecule has 138 valence electrons. The molecule has 0 aliphatic carbocycles. The predicted octanol–water partition coefficient (Wildman–Crippen LogP) is 2.04. The van der Waals surface area contributed by atoms with Crippen LogP contribution in [0.15, 0.2) is 24.5 Å². The van der Waals surface area contributed by atoms with Gasteiger partial charge in [-0.2, -0.15) is 5.10 Å². The number of nitrogens with zero attached hydrogens (tertiary/aromatic N) is 3. The summed E-state index contributed by atoms with van der Waals surface area (Å²) in [5.41, 5.74) is 14.0. The van der Waals surface area contributed by atoms with Gasteiger partial charge in [-0.25, -0.2) is 9.31 Å². The van der Waals surface area contributed by atoms with Crippen molar-refractivity contribution in [3.8, 4) is 0 Å². The lowest BCUT2D eigenvalue weighted by molar-refractivity contribution is 0.0270. The standard InChI is InChI=1S/C18H23N5O3/c1-18(2,3)26-17(25)22-6-4-11(5-7-22)12-8-14-15(19)13(16(20)24)9-21-23(14)10-12/h4,8-10H,5-7,19H2,1-3H3,(H2,20,24). The third kappa shape index (κ3) is 3.49. The van der Waals surface area contributed by atoms with Gasteiger partial charge in [0.1, 0.15) is 5.60 Å². The first-order valence-electron chi connectivity index (χ1n) is 8.40. The second-order valence-electron chi connectivity index (χ2n) is 7.30. The Hall–Kier alpha value is -3.03. The molecule has 3 rings (SSSR count). The lowest BCUT2D eigenvalue weighted by Crippen LogP contribution is -2.39. The molecule has 2 amide bonds. The van der Waals surface area contributed by atoms with E-state index < -0.39 is 11.5 Å². The number of nitrogen functional groups attached to an aromatic ring is 1. The summed E-state index contributed by atoms with van der Waals surface area (Å²) in [6.45, 7) is 6.59. The Kier molecular flexibility index (Phi) is 4.35. The van der Waals surface area contributed by atoms with Crippen molar-refractivity contribution in [2.75, 3.05) is 18.8 Å². The summed E-state index contributed by atoms with van der Waals surface area (Å²) in [7, 11) is 0. The molecule has 8 nitrogen and oxygen atoms in total. The van der Waals surface area contributed by atoms with Gasteiger partial charge in [0.2, 0.25) is 0 Å². The third-order valence-electron chi connectivity index (χ3n) is 4.17. The SMILES string of the molecule is CC(C)(C)OC(=O)N1CC=C(c2cc3c(N)c(C(N)=O)cnn3c2)CC1. The Bertz CT molecular complexity index is 907. The maximum atomic E-state index is 12.1. The number of amides is 2. The van der Waals surface area contributed by atoms with E-state index in [9.17, 15) is 9.59 Å². The highest BCUT2D eigenvalue weighted by Gasteiger charge is 2.24. The van der Waals surface area contributed by atoms with Crippen LogP contribution in [-0.4, -0.2) is 45.2 Å². The van der Waals surface area contributed by atoms with Crippen LogP contribution in [0, 0.1) is 0 Å². The van der Waals surface area contributed by atoms with Gasteiger partial charge in [-0.05, 0) is 44.4 Å². The van der Waals surface area contributed by atoms with Gasteiger partial charge in [0.05, 0.1) is 23.0 Å². The summed E-state index contributed by atoms with van der Waals surface area (Å²) >= 11 is 0. The Labute approximate surface area is 151 Å². The normalized spacial score (nSPS) is 15.0. The van der Waals surface area contributed by atoms with Crippen molar-refractivity contribution in [1.29, 1.82) is 0 Å². The van der Waals surface area contributed by atoms with E-state index in [1.165, 1.54) is 6.20 Å². The average molecular weight is 357 g/mol. The van der Waals surface area contributed by atoms with Crippen LogP contribution in [-0.2, 0) is 4.74 Å². The van der Waals surface area contributed by atoms with E-state index >= 15 is 0 Å². The van der Waals surface area contributed by atoms with Crippen molar-refractivity contribution in [3.63, 3.8) is 0 Å². The number of hydrogen-bond acceptors (Lipinski definition) is 5. The zero-order valence-electron chi connectivity index (χ0n) is 15.2. The van der Waals surface area contributed by atoms with Crippen LogP contribution in [0.25, 0.3) is 11.1 Å². The molecule has 0 atom stereocenters. The van der Waals surface area contributed by atoms with Gasteiger partial charge in [0, 0.05) is 19.3 Å². The van der Waals surface area contributed by atoms with Crippen LogP contribution in [0.3, 0.4) is 0 Å². The summed E-state index contributed by atoms with van der Waals surface area (Å²) in [4.78, 5) is 25.2. The van der Waals surface area contributed by atoms with Crippen LogP contribution < -0.4 is 11.5 Å². The molecule has 0 aromatic carbocycles. The molecular formula is C18H23N5O3. The van der Waals surface area contributed by atoms with Crippen molar-refractivity contribution in [2.24, 2.45) is 5.73 Å². The van der Waals surface area contributed by atoms with E-state index in [-0.39, 0.29) is 11.7 Å². The largest absolute Gasteiger partial charge is 0.444 e. The van der Waals surface area contributed by atoms with Crippen LogP contribution in [0.1, 0.15) is 43.1 Å². The van der Waals surface area contributed by atoms with Gasteiger partial charge in [0.15, 0.2) is 0 Å². The molecular weight excluding hydrogens is 334 g/mol. The summed E-state index contributed by atoms with van der Waals surface area (Å²) in [5.74, 6) is -0.606. The van der Waals surface area contributed by atoms with E-state index in [1.807, 2.05) is 39.1 Å². The molecule has 26 heavy (non-hydrogen) atoms. The molecule has 1 aliphatic rings. The van der Waals surface area contributed by atoms with Gasteiger partial charge in [-0.1, -0.05) is 6.08 Å².